The van der Waals surface area contributed by atoms with Crippen molar-refractivity contribution in [1.29, 1.82) is 0 Å². The van der Waals surface area contributed by atoms with E-state index in [2.05, 4.69) is 29.0 Å². The van der Waals surface area contributed by atoms with E-state index in [-0.39, 0.29) is 29.7 Å². The monoisotopic (exact) mass is 357 g/mol. The number of hydrogen-bond donors (Lipinski definition) is 1. The topological polar surface area (TPSA) is 95.3 Å². The maximum atomic E-state index is 13.0. The Morgan fingerprint density at radius 1 is 1.27 bits per heavy atom. The number of rotatable bonds is 4. The first-order valence-corrected chi connectivity index (χ1v) is 9.07. The normalized spacial score (nSPS) is 22.3. The molecule has 1 N–H and O–H groups in total. The molecule has 26 heavy (non-hydrogen) atoms. The lowest BCUT2D eigenvalue weighted by Gasteiger charge is -2.40. The van der Waals surface area contributed by atoms with Gasteiger partial charge >= 0.3 is 0 Å². The number of piperazine rings is 1. The van der Waals surface area contributed by atoms with Crippen molar-refractivity contribution in [1.82, 2.24) is 25.0 Å². The van der Waals surface area contributed by atoms with Crippen LogP contribution in [-0.2, 0) is 6.42 Å². The van der Waals surface area contributed by atoms with E-state index in [4.69, 9.17) is 4.42 Å². The number of nitrogens with one attached hydrogen (secondary N) is 1. The zero-order valence-corrected chi connectivity index (χ0v) is 15.0. The Hall–Kier alpha value is -2.64. The molecule has 0 saturated carbocycles. The predicted molar refractivity (Wildman–Crippen MR) is 92.5 cm³/mol. The molecule has 2 aliphatic heterocycles. The number of hydrogen-bond acceptors (Lipinski definition) is 5. The molecule has 4 rings (SSSR count). The summed E-state index contributed by atoms with van der Waals surface area (Å²) in [6.45, 7) is 5.30. The van der Waals surface area contributed by atoms with E-state index in [0.717, 1.165) is 25.0 Å². The maximum Gasteiger partial charge on any atom is 0.291 e. The highest BCUT2D eigenvalue weighted by atomic mass is 16.3. The second-order valence-corrected chi connectivity index (χ2v) is 7.55. The minimum absolute atomic E-state index is 0.0263. The molecular weight excluding hydrogens is 334 g/mol. The summed E-state index contributed by atoms with van der Waals surface area (Å²) in [6.07, 6.45) is 5.36. The first-order valence-electron chi connectivity index (χ1n) is 9.07. The summed E-state index contributed by atoms with van der Waals surface area (Å²) in [6, 6.07) is 1.91. The number of aromatic amines is 1. The number of fused-ring (bicyclic) bond motifs is 2. The van der Waals surface area contributed by atoms with Gasteiger partial charge in [-0.15, -0.1) is 0 Å². The van der Waals surface area contributed by atoms with Gasteiger partial charge in [-0.3, -0.25) is 14.7 Å². The van der Waals surface area contributed by atoms with E-state index >= 15 is 0 Å². The molecule has 2 aromatic rings. The van der Waals surface area contributed by atoms with Gasteiger partial charge in [-0.2, -0.15) is 5.10 Å². The Kier molecular flexibility index (Phi) is 4.26. The molecule has 2 aromatic heterocycles. The fraction of sp³-hybridized carbons (Fsp3) is 0.556. The fourth-order valence-corrected chi connectivity index (χ4v) is 4.03. The fourth-order valence-electron chi connectivity index (χ4n) is 4.03. The molecule has 4 heterocycles. The van der Waals surface area contributed by atoms with Gasteiger partial charge in [-0.05, 0) is 31.2 Å². The van der Waals surface area contributed by atoms with E-state index in [9.17, 15) is 9.59 Å². The van der Waals surface area contributed by atoms with Crippen LogP contribution in [0.25, 0.3) is 0 Å². The van der Waals surface area contributed by atoms with Crippen molar-refractivity contribution in [2.75, 3.05) is 13.1 Å². The van der Waals surface area contributed by atoms with Gasteiger partial charge in [0.1, 0.15) is 5.69 Å². The van der Waals surface area contributed by atoms with Gasteiger partial charge in [0.2, 0.25) is 5.76 Å². The first-order chi connectivity index (χ1) is 12.5. The van der Waals surface area contributed by atoms with Crippen LogP contribution >= 0.6 is 0 Å². The quantitative estimate of drug-likeness (QED) is 0.899. The molecule has 0 spiro atoms. The number of oxazole rings is 1. The molecule has 2 fully saturated rings. The van der Waals surface area contributed by atoms with Gasteiger partial charge in [0, 0.05) is 18.8 Å². The number of nitrogens with zero attached hydrogens (tertiary/aromatic N) is 4. The second-order valence-electron chi connectivity index (χ2n) is 7.55. The van der Waals surface area contributed by atoms with Crippen LogP contribution in [0.2, 0.25) is 0 Å². The molecule has 0 radical (unpaired) electrons. The van der Waals surface area contributed by atoms with Crippen LogP contribution in [0.15, 0.2) is 23.1 Å². The summed E-state index contributed by atoms with van der Waals surface area (Å²) in [5.41, 5.74) is 1.45. The van der Waals surface area contributed by atoms with Crippen molar-refractivity contribution >= 4 is 11.8 Å². The lowest BCUT2D eigenvalue weighted by Crippen LogP contribution is -2.57. The highest BCUT2D eigenvalue weighted by Crippen LogP contribution is 2.32. The average molecular weight is 357 g/mol. The van der Waals surface area contributed by atoms with Gasteiger partial charge in [0.25, 0.3) is 11.8 Å². The standard InChI is InChI=1S/C18H23N5O3/c1-11(2)5-12-6-15(21-20-12)17(24)23-13-3-4-14(23)9-22(8-13)18(25)16-7-19-10-26-16/h6-7,10-11,13-14H,3-5,8-9H2,1-2H3,(H,20,21). The zero-order valence-electron chi connectivity index (χ0n) is 15.0. The maximum absolute atomic E-state index is 13.0. The molecule has 2 bridgehead atoms. The lowest BCUT2D eigenvalue weighted by molar-refractivity contribution is 0.0342. The van der Waals surface area contributed by atoms with E-state index in [1.807, 2.05) is 11.0 Å². The Labute approximate surface area is 151 Å². The third-order valence-corrected chi connectivity index (χ3v) is 5.13. The first kappa shape index (κ1) is 16.8. The van der Waals surface area contributed by atoms with E-state index in [0.29, 0.717) is 24.7 Å². The Balaban J connectivity index is 1.47. The Morgan fingerprint density at radius 3 is 2.62 bits per heavy atom. The van der Waals surface area contributed by atoms with Crippen LogP contribution in [0, 0.1) is 5.92 Å². The molecule has 2 unspecified atom stereocenters. The zero-order chi connectivity index (χ0) is 18.3. The molecule has 0 aromatic carbocycles. The number of H-pyrrole nitrogens is 1. The van der Waals surface area contributed by atoms with Gasteiger partial charge in [0.05, 0.1) is 18.3 Å². The summed E-state index contributed by atoms with van der Waals surface area (Å²) < 4.78 is 5.12. The van der Waals surface area contributed by atoms with Crippen LogP contribution in [0.4, 0.5) is 0 Å². The largest absolute Gasteiger partial charge is 0.438 e. The van der Waals surface area contributed by atoms with Gasteiger partial charge in [-0.1, -0.05) is 13.8 Å². The van der Waals surface area contributed by atoms with E-state index in [1.165, 1.54) is 12.6 Å². The molecule has 8 nitrogen and oxygen atoms in total. The molecule has 2 aliphatic rings. The van der Waals surface area contributed by atoms with Crippen LogP contribution < -0.4 is 0 Å². The summed E-state index contributed by atoms with van der Waals surface area (Å²) in [5.74, 6) is 0.538. The highest BCUT2D eigenvalue weighted by Gasteiger charge is 2.45. The van der Waals surface area contributed by atoms with Crippen molar-refractivity contribution < 1.29 is 14.0 Å². The van der Waals surface area contributed by atoms with Crippen LogP contribution in [0.5, 0.6) is 0 Å². The van der Waals surface area contributed by atoms with Crippen molar-refractivity contribution in [3.63, 3.8) is 0 Å². The van der Waals surface area contributed by atoms with Crippen LogP contribution in [0.3, 0.4) is 0 Å². The molecule has 2 saturated heterocycles. The van der Waals surface area contributed by atoms with E-state index < -0.39 is 0 Å². The van der Waals surface area contributed by atoms with Gasteiger partial charge in [0.15, 0.2) is 6.39 Å². The smallest absolute Gasteiger partial charge is 0.291 e. The van der Waals surface area contributed by atoms with Crippen molar-refractivity contribution in [3.8, 4) is 0 Å². The number of carbonyl (C=O) groups excluding carboxylic acids is 2. The predicted octanol–water partition coefficient (Wildman–Crippen LogP) is 1.73. The third-order valence-electron chi connectivity index (χ3n) is 5.13. The van der Waals surface area contributed by atoms with Crippen LogP contribution in [-0.4, -0.2) is 62.0 Å². The number of amides is 2. The molecule has 138 valence electrons. The summed E-state index contributed by atoms with van der Waals surface area (Å²) in [4.78, 5) is 33.0. The number of carbonyl (C=O) groups is 2. The highest BCUT2D eigenvalue weighted by molar-refractivity contribution is 5.94. The minimum Gasteiger partial charge on any atom is -0.438 e. The molecule has 2 amide bonds. The lowest BCUT2D eigenvalue weighted by atomic mass is 10.1. The van der Waals surface area contributed by atoms with Crippen LogP contribution in [0.1, 0.15) is 53.4 Å². The Morgan fingerprint density at radius 2 is 2.00 bits per heavy atom. The van der Waals surface area contributed by atoms with Crippen molar-refractivity contribution in [2.45, 2.75) is 45.2 Å². The van der Waals surface area contributed by atoms with Gasteiger partial charge < -0.3 is 14.2 Å². The Bertz CT molecular complexity index is 784. The molecule has 8 heteroatoms. The van der Waals surface area contributed by atoms with Crippen molar-refractivity contribution in [3.05, 3.63) is 35.8 Å². The summed E-state index contributed by atoms with van der Waals surface area (Å²) in [7, 11) is 0. The molecule has 2 atom stereocenters. The second kappa shape index (κ2) is 6.59. The molecular formula is C18H23N5O3. The van der Waals surface area contributed by atoms with Gasteiger partial charge in [-0.25, -0.2) is 4.98 Å². The number of likely N-dealkylation sites (tertiary alicyclic amines) is 1. The third kappa shape index (κ3) is 3.00. The minimum atomic E-state index is -0.162. The van der Waals surface area contributed by atoms with Crippen molar-refractivity contribution in [2.24, 2.45) is 5.92 Å². The average Bonchev–Trinajstić information content (AvgIpc) is 3.33. The molecule has 0 aliphatic carbocycles. The van der Waals surface area contributed by atoms with E-state index in [1.54, 1.807) is 4.90 Å². The SMILES string of the molecule is CC(C)Cc1cc(C(=O)N2C3CCC2CN(C(=O)c2cnco2)C3)n[nH]1. The summed E-state index contributed by atoms with van der Waals surface area (Å²) >= 11 is 0. The number of aromatic nitrogens is 3. The summed E-state index contributed by atoms with van der Waals surface area (Å²) in [5, 5.41) is 7.19.